The number of ketones is 1. The fraction of sp³-hybridized carbons (Fsp3) is 0.533. The molecule has 1 aromatic carbocycles. The van der Waals surface area contributed by atoms with Crippen LogP contribution in [-0.4, -0.2) is 25.0 Å². The summed E-state index contributed by atoms with van der Waals surface area (Å²) >= 11 is 0. The van der Waals surface area contributed by atoms with Gasteiger partial charge in [0.25, 0.3) is 0 Å². The van der Waals surface area contributed by atoms with Gasteiger partial charge in [0.1, 0.15) is 5.75 Å². The van der Waals surface area contributed by atoms with Crippen LogP contribution in [0.2, 0.25) is 0 Å². The summed E-state index contributed by atoms with van der Waals surface area (Å²) in [7, 11) is 1.63. The lowest BCUT2D eigenvalue weighted by molar-refractivity contribution is 0.0980. The molecule has 100 valence electrons. The highest BCUT2D eigenvalue weighted by molar-refractivity contribution is 5.97. The van der Waals surface area contributed by atoms with Crippen molar-refractivity contribution in [1.82, 2.24) is 5.32 Å². The Labute approximate surface area is 110 Å². The average Bonchev–Trinajstić information content (AvgIpc) is 2.26. The third-order valence-corrected chi connectivity index (χ3v) is 2.74. The summed E-state index contributed by atoms with van der Waals surface area (Å²) in [5, 5.41) is 3.32. The predicted octanol–water partition coefficient (Wildman–Crippen LogP) is 2.96. The highest BCUT2D eigenvalue weighted by Crippen LogP contribution is 2.18. The van der Waals surface area contributed by atoms with Gasteiger partial charge in [-0.15, -0.1) is 0 Å². The standard InChI is InChI=1S/C15H23NO2/c1-11-10-12(18-5)6-7-13(11)14(17)8-9-16-15(2,3)4/h6-7,10,16H,8-9H2,1-5H3. The van der Waals surface area contributed by atoms with Crippen LogP contribution in [0.5, 0.6) is 5.75 Å². The second-order valence-electron chi connectivity index (χ2n) is 5.53. The van der Waals surface area contributed by atoms with Crippen molar-refractivity contribution < 1.29 is 9.53 Å². The number of rotatable bonds is 5. The minimum absolute atomic E-state index is 0.0508. The van der Waals surface area contributed by atoms with Gasteiger partial charge in [-0.25, -0.2) is 0 Å². The molecule has 0 atom stereocenters. The van der Waals surface area contributed by atoms with Gasteiger partial charge in [0.2, 0.25) is 0 Å². The fourth-order valence-corrected chi connectivity index (χ4v) is 1.76. The average molecular weight is 249 g/mol. The molecule has 1 N–H and O–H groups in total. The van der Waals surface area contributed by atoms with Crippen molar-refractivity contribution >= 4 is 5.78 Å². The minimum atomic E-state index is 0.0508. The molecule has 0 amide bonds. The zero-order valence-corrected chi connectivity index (χ0v) is 12.0. The Morgan fingerprint density at radius 1 is 1.33 bits per heavy atom. The third-order valence-electron chi connectivity index (χ3n) is 2.74. The third kappa shape index (κ3) is 4.49. The summed E-state index contributed by atoms with van der Waals surface area (Å²) in [5.41, 5.74) is 1.80. The Hall–Kier alpha value is -1.35. The summed E-state index contributed by atoms with van der Waals surface area (Å²) in [6, 6.07) is 5.56. The molecule has 0 bridgehead atoms. The van der Waals surface area contributed by atoms with Crippen molar-refractivity contribution in [2.24, 2.45) is 0 Å². The van der Waals surface area contributed by atoms with Crippen molar-refractivity contribution in [1.29, 1.82) is 0 Å². The van der Waals surface area contributed by atoms with Crippen LogP contribution in [0.25, 0.3) is 0 Å². The smallest absolute Gasteiger partial charge is 0.164 e. The second kappa shape index (κ2) is 6.01. The van der Waals surface area contributed by atoms with E-state index in [1.165, 1.54) is 0 Å². The zero-order valence-electron chi connectivity index (χ0n) is 12.0. The first kappa shape index (κ1) is 14.7. The first-order chi connectivity index (χ1) is 8.33. The fourth-order valence-electron chi connectivity index (χ4n) is 1.76. The van der Waals surface area contributed by atoms with Gasteiger partial charge in [0, 0.05) is 24.1 Å². The molecule has 0 aliphatic heterocycles. The van der Waals surface area contributed by atoms with Crippen LogP contribution < -0.4 is 10.1 Å². The van der Waals surface area contributed by atoms with E-state index in [2.05, 4.69) is 26.1 Å². The van der Waals surface area contributed by atoms with Crippen molar-refractivity contribution in [2.45, 2.75) is 39.7 Å². The molecule has 1 aromatic rings. The van der Waals surface area contributed by atoms with Crippen molar-refractivity contribution in [3.05, 3.63) is 29.3 Å². The highest BCUT2D eigenvalue weighted by Gasteiger charge is 2.12. The van der Waals surface area contributed by atoms with Gasteiger partial charge in [-0.1, -0.05) is 0 Å². The Bertz CT molecular complexity index is 419. The van der Waals surface area contributed by atoms with E-state index in [1.807, 2.05) is 25.1 Å². The summed E-state index contributed by atoms with van der Waals surface area (Å²) in [6.07, 6.45) is 0.518. The van der Waals surface area contributed by atoms with Crippen molar-refractivity contribution in [3.8, 4) is 5.75 Å². The number of hydrogen-bond acceptors (Lipinski definition) is 3. The number of ether oxygens (including phenoxy) is 1. The number of Topliss-reactive ketones (excluding diaryl/α,β-unsaturated/α-hetero) is 1. The number of nitrogens with one attached hydrogen (secondary N) is 1. The largest absolute Gasteiger partial charge is 0.497 e. The quantitative estimate of drug-likeness (QED) is 0.815. The molecule has 0 saturated heterocycles. The molecule has 3 heteroatoms. The van der Waals surface area contributed by atoms with Gasteiger partial charge in [0.15, 0.2) is 5.78 Å². The number of aryl methyl sites for hydroxylation is 1. The molecule has 0 fully saturated rings. The van der Waals surface area contributed by atoms with Crippen LogP contribution in [0.3, 0.4) is 0 Å². The van der Waals surface area contributed by atoms with Crippen LogP contribution in [0.1, 0.15) is 43.1 Å². The van der Waals surface area contributed by atoms with E-state index in [0.717, 1.165) is 16.9 Å². The maximum absolute atomic E-state index is 12.1. The summed E-state index contributed by atoms with van der Waals surface area (Å²) in [6.45, 7) is 8.92. The van der Waals surface area contributed by atoms with E-state index < -0.39 is 0 Å². The Morgan fingerprint density at radius 3 is 2.50 bits per heavy atom. The molecule has 0 aromatic heterocycles. The molecule has 0 heterocycles. The van der Waals surface area contributed by atoms with E-state index >= 15 is 0 Å². The van der Waals surface area contributed by atoms with Gasteiger partial charge >= 0.3 is 0 Å². The Balaban J connectivity index is 2.62. The van der Waals surface area contributed by atoms with Crippen LogP contribution in [0, 0.1) is 6.92 Å². The molecule has 0 radical (unpaired) electrons. The van der Waals surface area contributed by atoms with E-state index in [9.17, 15) is 4.79 Å². The van der Waals surface area contributed by atoms with E-state index in [4.69, 9.17) is 4.74 Å². The first-order valence-electron chi connectivity index (χ1n) is 6.26. The Kier molecular flexibility index (Phi) is 4.91. The monoisotopic (exact) mass is 249 g/mol. The molecule has 0 unspecified atom stereocenters. The summed E-state index contributed by atoms with van der Waals surface area (Å²) < 4.78 is 5.13. The molecule has 0 saturated carbocycles. The molecule has 3 nitrogen and oxygen atoms in total. The second-order valence-corrected chi connectivity index (χ2v) is 5.53. The van der Waals surface area contributed by atoms with Gasteiger partial charge < -0.3 is 10.1 Å². The minimum Gasteiger partial charge on any atom is -0.497 e. The summed E-state index contributed by atoms with van der Waals surface area (Å²) in [4.78, 5) is 12.1. The molecule has 0 aliphatic rings. The van der Waals surface area contributed by atoms with E-state index in [1.54, 1.807) is 7.11 Å². The molecule has 18 heavy (non-hydrogen) atoms. The van der Waals surface area contributed by atoms with Crippen molar-refractivity contribution in [3.63, 3.8) is 0 Å². The van der Waals surface area contributed by atoms with Crippen LogP contribution in [-0.2, 0) is 0 Å². The van der Waals surface area contributed by atoms with Crippen LogP contribution in [0.15, 0.2) is 18.2 Å². The SMILES string of the molecule is COc1ccc(C(=O)CCNC(C)(C)C)c(C)c1. The van der Waals surface area contributed by atoms with Crippen LogP contribution >= 0.6 is 0 Å². The maximum Gasteiger partial charge on any atom is 0.164 e. The normalized spacial score (nSPS) is 11.4. The van der Waals surface area contributed by atoms with Crippen molar-refractivity contribution in [2.75, 3.05) is 13.7 Å². The molecule has 0 aliphatic carbocycles. The highest BCUT2D eigenvalue weighted by atomic mass is 16.5. The number of carbonyl (C=O) groups is 1. The lowest BCUT2D eigenvalue weighted by atomic mass is 10.0. The van der Waals surface area contributed by atoms with Gasteiger partial charge in [-0.2, -0.15) is 0 Å². The number of hydrogen-bond donors (Lipinski definition) is 1. The van der Waals surface area contributed by atoms with Crippen LogP contribution in [0.4, 0.5) is 0 Å². The van der Waals surface area contributed by atoms with Gasteiger partial charge in [-0.3, -0.25) is 4.79 Å². The lowest BCUT2D eigenvalue weighted by Crippen LogP contribution is -2.37. The summed E-state index contributed by atoms with van der Waals surface area (Å²) in [5.74, 6) is 0.962. The predicted molar refractivity (Wildman–Crippen MR) is 74.4 cm³/mol. The van der Waals surface area contributed by atoms with E-state index in [-0.39, 0.29) is 11.3 Å². The topological polar surface area (TPSA) is 38.3 Å². The van der Waals surface area contributed by atoms with Gasteiger partial charge in [0.05, 0.1) is 7.11 Å². The Morgan fingerprint density at radius 2 is 2.00 bits per heavy atom. The molecular weight excluding hydrogens is 226 g/mol. The first-order valence-corrected chi connectivity index (χ1v) is 6.26. The molecular formula is C15H23NO2. The van der Waals surface area contributed by atoms with E-state index in [0.29, 0.717) is 13.0 Å². The number of methoxy groups -OCH3 is 1. The molecule has 0 spiro atoms. The maximum atomic E-state index is 12.1. The van der Waals surface area contributed by atoms with Gasteiger partial charge in [-0.05, 0) is 51.5 Å². The number of benzene rings is 1. The lowest BCUT2D eigenvalue weighted by Gasteiger charge is -2.20. The molecule has 1 rings (SSSR count). The zero-order chi connectivity index (χ0) is 13.8. The number of carbonyl (C=O) groups excluding carboxylic acids is 1.